The van der Waals surface area contributed by atoms with E-state index in [0.29, 0.717) is 29.5 Å². The van der Waals surface area contributed by atoms with Crippen molar-refractivity contribution in [2.45, 2.75) is 38.1 Å². The first-order valence-electron chi connectivity index (χ1n) is 12.6. The number of para-hydroxylation sites is 1. The number of hydrogen-bond acceptors (Lipinski definition) is 5. The summed E-state index contributed by atoms with van der Waals surface area (Å²) in [5.74, 6) is 0.911. The summed E-state index contributed by atoms with van der Waals surface area (Å²) in [5.41, 5.74) is 3.27. The number of nitrogens with one attached hydrogen (secondary N) is 1. The van der Waals surface area contributed by atoms with Crippen LogP contribution in [0.3, 0.4) is 0 Å². The normalized spacial score (nSPS) is 15.8. The lowest BCUT2D eigenvalue weighted by molar-refractivity contribution is -0.119. The van der Waals surface area contributed by atoms with Crippen molar-refractivity contribution in [1.82, 2.24) is 5.32 Å². The minimum atomic E-state index is -3.99. The van der Waals surface area contributed by atoms with Crippen molar-refractivity contribution in [3.63, 3.8) is 0 Å². The minimum Gasteiger partial charge on any atom is -0.496 e. The van der Waals surface area contributed by atoms with Gasteiger partial charge in [0, 0.05) is 25.3 Å². The molecule has 0 radical (unpaired) electrons. The molecule has 1 aliphatic rings. The van der Waals surface area contributed by atoms with Crippen molar-refractivity contribution in [2.24, 2.45) is 5.92 Å². The van der Waals surface area contributed by atoms with Crippen LogP contribution in [0.15, 0.2) is 77.7 Å². The molecule has 196 valence electrons. The molecule has 1 saturated heterocycles. The standard InChI is InChI=1S/C29H35N3O4S/c1-22-8-7-17-31(20-22)25-13-11-24(12-14-25)19-30-29(33)21-32(26-9-5-4-6-10-26)37(34,35)27-15-16-28(36-3)23(2)18-27/h4-6,9-16,18,22H,7-8,17,19-21H2,1-3H3,(H,30,33). The van der Waals surface area contributed by atoms with Gasteiger partial charge >= 0.3 is 0 Å². The van der Waals surface area contributed by atoms with Gasteiger partial charge in [0.05, 0.1) is 17.7 Å². The van der Waals surface area contributed by atoms with Gasteiger partial charge in [0.2, 0.25) is 5.91 Å². The Morgan fingerprint density at radius 1 is 1.08 bits per heavy atom. The lowest BCUT2D eigenvalue weighted by Crippen LogP contribution is -2.40. The molecule has 1 aliphatic heterocycles. The molecule has 0 aromatic heterocycles. The van der Waals surface area contributed by atoms with E-state index in [1.54, 1.807) is 56.5 Å². The van der Waals surface area contributed by atoms with Gasteiger partial charge in [-0.3, -0.25) is 9.10 Å². The summed E-state index contributed by atoms with van der Waals surface area (Å²) in [7, 11) is -2.45. The Kier molecular flexibility index (Phi) is 8.38. The zero-order valence-electron chi connectivity index (χ0n) is 21.7. The highest BCUT2D eigenvalue weighted by molar-refractivity contribution is 7.92. The first kappa shape index (κ1) is 26.5. The highest BCUT2D eigenvalue weighted by Crippen LogP contribution is 2.27. The number of sulfonamides is 1. The molecule has 0 spiro atoms. The van der Waals surface area contributed by atoms with E-state index in [9.17, 15) is 13.2 Å². The summed E-state index contributed by atoms with van der Waals surface area (Å²) in [4.78, 5) is 15.5. The van der Waals surface area contributed by atoms with Crippen molar-refractivity contribution in [2.75, 3.05) is 35.9 Å². The zero-order chi connectivity index (χ0) is 26.4. The highest BCUT2D eigenvalue weighted by Gasteiger charge is 2.27. The molecule has 37 heavy (non-hydrogen) atoms. The number of carbonyl (C=O) groups is 1. The van der Waals surface area contributed by atoms with Crippen molar-refractivity contribution in [3.05, 3.63) is 83.9 Å². The van der Waals surface area contributed by atoms with E-state index in [4.69, 9.17) is 4.74 Å². The van der Waals surface area contributed by atoms with Gasteiger partial charge in [-0.15, -0.1) is 0 Å². The summed E-state index contributed by atoms with van der Waals surface area (Å²) in [6.07, 6.45) is 2.48. The molecule has 4 rings (SSSR count). The van der Waals surface area contributed by atoms with Gasteiger partial charge in [0.1, 0.15) is 12.3 Å². The Labute approximate surface area is 220 Å². The third kappa shape index (κ3) is 6.43. The molecule has 3 aromatic carbocycles. The van der Waals surface area contributed by atoms with Crippen LogP contribution in [0, 0.1) is 12.8 Å². The largest absolute Gasteiger partial charge is 0.496 e. The maximum atomic E-state index is 13.6. The number of amides is 1. The second-order valence-corrected chi connectivity index (χ2v) is 11.5. The molecule has 1 unspecified atom stereocenters. The number of anilines is 2. The fourth-order valence-electron chi connectivity index (χ4n) is 4.68. The fraction of sp³-hybridized carbons (Fsp3) is 0.345. The first-order chi connectivity index (χ1) is 17.8. The molecule has 1 N–H and O–H groups in total. The van der Waals surface area contributed by atoms with Gasteiger partial charge in [0.15, 0.2) is 0 Å². The van der Waals surface area contributed by atoms with Crippen LogP contribution in [-0.2, 0) is 21.4 Å². The number of hydrogen-bond donors (Lipinski definition) is 1. The molecule has 8 heteroatoms. The average Bonchev–Trinajstić information content (AvgIpc) is 2.91. The van der Waals surface area contributed by atoms with E-state index in [-0.39, 0.29) is 17.3 Å². The van der Waals surface area contributed by atoms with E-state index < -0.39 is 10.0 Å². The molecule has 1 amide bonds. The molecule has 3 aromatic rings. The summed E-state index contributed by atoms with van der Waals surface area (Å²) >= 11 is 0. The summed E-state index contributed by atoms with van der Waals surface area (Å²) in [6, 6.07) is 21.6. The maximum absolute atomic E-state index is 13.6. The van der Waals surface area contributed by atoms with Crippen LogP contribution in [0.4, 0.5) is 11.4 Å². The third-order valence-corrected chi connectivity index (χ3v) is 8.50. The molecule has 1 atom stereocenters. The van der Waals surface area contributed by atoms with Gasteiger partial charge in [-0.25, -0.2) is 8.42 Å². The zero-order valence-corrected chi connectivity index (χ0v) is 22.5. The highest BCUT2D eigenvalue weighted by atomic mass is 32.2. The van der Waals surface area contributed by atoms with Crippen LogP contribution in [-0.4, -0.2) is 41.1 Å². The number of benzene rings is 3. The SMILES string of the molecule is COc1ccc(S(=O)(=O)N(CC(=O)NCc2ccc(N3CCCC(C)C3)cc2)c2ccccc2)cc1C. The van der Waals surface area contributed by atoms with Gasteiger partial charge in [0.25, 0.3) is 10.0 Å². The Balaban J connectivity index is 1.46. The molecule has 0 aliphatic carbocycles. The second kappa shape index (κ2) is 11.7. The van der Waals surface area contributed by atoms with Crippen LogP contribution in [0.1, 0.15) is 30.9 Å². The Morgan fingerprint density at radius 2 is 1.81 bits per heavy atom. The number of methoxy groups -OCH3 is 1. The fourth-order valence-corrected chi connectivity index (χ4v) is 6.19. The molecule has 1 fully saturated rings. The van der Waals surface area contributed by atoms with Crippen LogP contribution >= 0.6 is 0 Å². The Morgan fingerprint density at radius 3 is 2.46 bits per heavy atom. The van der Waals surface area contributed by atoms with Gasteiger partial charge in [-0.05, 0) is 79.3 Å². The Bertz CT molecular complexity index is 1310. The van der Waals surface area contributed by atoms with Crippen LogP contribution < -0.4 is 19.3 Å². The number of piperidine rings is 1. The number of nitrogens with zero attached hydrogens (tertiary/aromatic N) is 2. The number of carbonyl (C=O) groups excluding carboxylic acids is 1. The van der Waals surface area contributed by atoms with Gasteiger partial charge < -0.3 is 15.0 Å². The number of ether oxygens (including phenoxy) is 1. The van der Waals surface area contributed by atoms with Crippen LogP contribution in [0.2, 0.25) is 0 Å². The maximum Gasteiger partial charge on any atom is 0.264 e. The summed E-state index contributed by atoms with van der Waals surface area (Å²) in [5, 5.41) is 2.88. The smallest absolute Gasteiger partial charge is 0.264 e. The molecule has 7 nitrogen and oxygen atoms in total. The lowest BCUT2D eigenvalue weighted by atomic mass is 9.99. The van der Waals surface area contributed by atoms with Crippen molar-refractivity contribution in [1.29, 1.82) is 0 Å². The molecule has 1 heterocycles. The summed E-state index contributed by atoms with van der Waals surface area (Å²) in [6.45, 7) is 6.19. The van der Waals surface area contributed by atoms with E-state index >= 15 is 0 Å². The van der Waals surface area contributed by atoms with Gasteiger partial charge in [-0.1, -0.05) is 37.3 Å². The third-order valence-electron chi connectivity index (χ3n) is 6.73. The molecular weight excluding hydrogens is 486 g/mol. The lowest BCUT2D eigenvalue weighted by Gasteiger charge is -2.32. The summed E-state index contributed by atoms with van der Waals surface area (Å²) < 4.78 is 33.6. The quantitative estimate of drug-likeness (QED) is 0.440. The molecule has 0 saturated carbocycles. The monoisotopic (exact) mass is 521 g/mol. The van der Waals surface area contributed by atoms with Gasteiger partial charge in [-0.2, -0.15) is 0 Å². The second-order valence-electron chi connectivity index (χ2n) is 9.62. The van der Waals surface area contributed by atoms with E-state index in [0.717, 1.165) is 23.0 Å². The van der Waals surface area contributed by atoms with E-state index in [1.165, 1.54) is 24.6 Å². The van der Waals surface area contributed by atoms with E-state index in [1.807, 2.05) is 12.1 Å². The first-order valence-corrected chi connectivity index (χ1v) is 14.0. The van der Waals surface area contributed by atoms with Crippen molar-refractivity contribution >= 4 is 27.3 Å². The molecular formula is C29H35N3O4S. The van der Waals surface area contributed by atoms with Crippen LogP contribution in [0.25, 0.3) is 0 Å². The molecule has 0 bridgehead atoms. The number of aryl methyl sites for hydroxylation is 1. The predicted octanol–water partition coefficient (Wildman–Crippen LogP) is 4.75. The minimum absolute atomic E-state index is 0.102. The van der Waals surface area contributed by atoms with Crippen molar-refractivity contribution < 1.29 is 17.9 Å². The van der Waals surface area contributed by atoms with Crippen LogP contribution in [0.5, 0.6) is 5.75 Å². The Hall–Kier alpha value is -3.52. The topological polar surface area (TPSA) is 79.0 Å². The number of rotatable bonds is 9. The van der Waals surface area contributed by atoms with E-state index in [2.05, 4.69) is 29.3 Å². The predicted molar refractivity (Wildman–Crippen MR) is 148 cm³/mol. The average molecular weight is 522 g/mol. The van der Waals surface area contributed by atoms with Crippen molar-refractivity contribution in [3.8, 4) is 5.75 Å².